The highest BCUT2D eigenvalue weighted by Crippen LogP contribution is 2.27. The number of fused-ring (bicyclic) bond motifs is 4. The van der Waals surface area contributed by atoms with Gasteiger partial charge in [-0.1, -0.05) is 5.92 Å². The van der Waals surface area contributed by atoms with E-state index in [1.807, 2.05) is 6.07 Å². The van der Waals surface area contributed by atoms with Crippen LogP contribution in [0.4, 0.5) is 0 Å². The fourth-order valence-corrected chi connectivity index (χ4v) is 4.68. The van der Waals surface area contributed by atoms with Gasteiger partial charge in [0.05, 0.1) is 12.7 Å². The van der Waals surface area contributed by atoms with Crippen molar-refractivity contribution >= 4 is 16.9 Å². The molecule has 2 aromatic rings. The molecule has 4 aliphatic heterocycles. The third-order valence-corrected chi connectivity index (χ3v) is 6.32. The first kappa shape index (κ1) is 17.7. The summed E-state index contributed by atoms with van der Waals surface area (Å²) in [7, 11) is 0. The number of nitrogens with one attached hydrogen (secondary N) is 1. The van der Waals surface area contributed by atoms with Crippen molar-refractivity contribution < 1.29 is 9.21 Å². The Hall–Kier alpha value is -2.36. The predicted molar refractivity (Wildman–Crippen MR) is 107 cm³/mol. The number of piperidine rings is 3. The Morgan fingerprint density at radius 3 is 2.79 bits per heavy atom. The van der Waals surface area contributed by atoms with Crippen molar-refractivity contribution in [1.82, 2.24) is 20.1 Å². The average molecular weight is 378 g/mol. The number of hydrogen-bond acceptors (Lipinski definition) is 5. The number of furan rings is 1. The molecule has 28 heavy (non-hydrogen) atoms. The average Bonchev–Trinajstić information content (AvgIpc) is 3.37. The van der Waals surface area contributed by atoms with Crippen LogP contribution < -0.4 is 5.32 Å². The number of hydrogen-bond donors (Lipinski definition) is 1. The minimum absolute atomic E-state index is 0.0940. The molecule has 6 rings (SSSR count). The molecule has 4 fully saturated rings. The van der Waals surface area contributed by atoms with Crippen molar-refractivity contribution in [3.8, 4) is 11.8 Å². The van der Waals surface area contributed by atoms with Crippen LogP contribution in [0.1, 0.15) is 41.9 Å². The lowest BCUT2D eigenvalue weighted by molar-refractivity contribution is 0.0618. The summed E-state index contributed by atoms with van der Waals surface area (Å²) in [6, 6.07) is 3.95. The van der Waals surface area contributed by atoms with Crippen LogP contribution in [0.2, 0.25) is 0 Å². The minimum Gasteiger partial charge on any atom is -0.446 e. The first-order valence-corrected chi connectivity index (χ1v) is 10.4. The molecule has 0 spiro atoms. The van der Waals surface area contributed by atoms with Crippen LogP contribution in [-0.4, -0.2) is 66.0 Å². The number of amides is 1. The van der Waals surface area contributed by atoms with Gasteiger partial charge in [-0.3, -0.25) is 9.69 Å². The molecule has 146 valence electrons. The molecular weight excluding hydrogens is 352 g/mol. The van der Waals surface area contributed by atoms with Crippen LogP contribution >= 0.6 is 0 Å². The van der Waals surface area contributed by atoms with E-state index in [0.717, 1.165) is 44.7 Å². The number of pyridine rings is 1. The molecule has 0 unspecified atom stereocenters. The molecule has 0 aromatic carbocycles. The lowest BCUT2D eigenvalue weighted by Gasteiger charge is -2.44. The lowest BCUT2D eigenvalue weighted by Crippen LogP contribution is -2.57. The fourth-order valence-electron chi connectivity index (χ4n) is 4.68. The predicted octanol–water partition coefficient (Wildman–Crippen LogP) is 2.10. The number of rotatable bonds is 3. The van der Waals surface area contributed by atoms with Gasteiger partial charge < -0.3 is 14.6 Å². The summed E-state index contributed by atoms with van der Waals surface area (Å²) in [5.41, 5.74) is 1.12. The van der Waals surface area contributed by atoms with E-state index in [4.69, 9.17) is 4.42 Å². The van der Waals surface area contributed by atoms with Gasteiger partial charge in [0, 0.05) is 24.0 Å². The van der Waals surface area contributed by atoms with Crippen LogP contribution in [0, 0.1) is 17.8 Å². The Labute approximate surface area is 165 Å². The topological polar surface area (TPSA) is 61.6 Å². The standard InChI is InChI=1S/C22H26N4O2/c27-22(24-20-15-26-10-5-16(20)6-11-26)19-13-17-12-18(28-21(17)14-23-19)4-3-9-25-7-1-2-8-25/h12-14,16,20H,1-2,5-11,15H2,(H,24,27)/t20-/m0/s1. The monoisotopic (exact) mass is 378 g/mol. The number of aromatic nitrogens is 1. The molecule has 6 nitrogen and oxygen atoms in total. The smallest absolute Gasteiger partial charge is 0.270 e. The molecule has 1 atom stereocenters. The molecule has 0 radical (unpaired) electrons. The highest BCUT2D eigenvalue weighted by atomic mass is 16.3. The maximum atomic E-state index is 12.7. The number of nitrogens with zero attached hydrogens (tertiary/aromatic N) is 3. The van der Waals surface area contributed by atoms with Crippen molar-refractivity contribution in [2.45, 2.75) is 31.7 Å². The van der Waals surface area contributed by atoms with Gasteiger partial charge in [-0.2, -0.15) is 0 Å². The first-order valence-electron chi connectivity index (χ1n) is 10.4. The molecule has 0 aliphatic carbocycles. The molecule has 4 aliphatic rings. The highest BCUT2D eigenvalue weighted by Gasteiger charge is 2.35. The van der Waals surface area contributed by atoms with Crippen molar-refractivity contribution in [3.63, 3.8) is 0 Å². The Morgan fingerprint density at radius 2 is 2.04 bits per heavy atom. The van der Waals surface area contributed by atoms with Crippen molar-refractivity contribution in [2.24, 2.45) is 5.92 Å². The van der Waals surface area contributed by atoms with E-state index in [-0.39, 0.29) is 11.9 Å². The second kappa shape index (κ2) is 7.57. The number of likely N-dealkylation sites (tertiary alicyclic amines) is 1. The van der Waals surface area contributed by atoms with Gasteiger partial charge in [0.1, 0.15) is 5.69 Å². The highest BCUT2D eigenvalue weighted by molar-refractivity contribution is 5.95. The molecular formula is C22H26N4O2. The summed E-state index contributed by atoms with van der Waals surface area (Å²) in [5.74, 6) is 7.43. The van der Waals surface area contributed by atoms with E-state index in [2.05, 4.69) is 31.9 Å². The third kappa shape index (κ3) is 3.65. The zero-order chi connectivity index (χ0) is 18.9. The zero-order valence-corrected chi connectivity index (χ0v) is 16.1. The summed E-state index contributed by atoms with van der Waals surface area (Å²) >= 11 is 0. The molecule has 6 heteroatoms. The zero-order valence-electron chi connectivity index (χ0n) is 16.1. The van der Waals surface area contributed by atoms with E-state index in [0.29, 0.717) is 23.0 Å². The van der Waals surface area contributed by atoms with E-state index < -0.39 is 0 Å². The summed E-state index contributed by atoms with van der Waals surface area (Å²) in [4.78, 5) is 21.8. The molecule has 0 saturated carbocycles. The van der Waals surface area contributed by atoms with Gasteiger partial charge in [0.15, 0.2) is 11.3 Å². The fraction of sp³-hybridized carbons (Fsp3) is 0.545. The molecule has 6 heterocycles. The van der Waals surface area contributed by atoms with Gasteiger partial charge in [-0.15, -0.1) is 0 Å². The van der Waals surface area contributed by atoms with E-state index >= 15 is 0 Å². The number of carbonyl (C=O) groups is 1. The van der Waals surface area contributed by atoms with Gasteiger partial charge in [-0.05, 0) is 69.8 Å². The quantitative estimate of drug-likeness (QED) is 0.829. The van der Waals surface area contributed by atoms with Gasteiger partial charge in [0.25, 0.3) is 5.91 Å². The van der Waals surface area contributed by atoms with Crippen molar-refractivity contribution in [2.75, 3.05) is 39.3 Å². The molecule has 1 amide bonds. The van der Waals surface area contributed by atoms with Crippen LogP contribution in [0.25, 0.3) is 11.0 Å². The van der Waals surface area contributed by atoms with Crippen LogP contribution in [0.5, 0.6) is 0 Å². The van der Waals surface area contributed by atoms with Crippen molar-refractivity contribution in [3.05, 3.63) is 29.8 Å². The Kier molecular flexibility index (Phi) is 4.79. The summed E-state index contributed by atoms with van der Waals surface area (Å²) < 4.78 is 5.76. The normalized spacial score (nSPS) is 26.9. The van der Waals surface area contributed by atoms with Crippen LogP contribution in [0.15, 0.2) is 22.7 Å². The van der Waals surface area contributed by atoms with E-state index in [1.165, 1.54) is 25.7 Å². The van der Waals surface area contributed by atoms with Gasteiger partial charge in [0.2, 0.25) is 0 Å². The van der Waals surface area contributed by atoms with Gasteiger partial charge in [-0.25, -0.2) is 4.98 Å². The van der Waals surface area contributed by atoms with Crippen LogP contribution in [0.3, 0.4) is 0 Å². The Bertz CT molecular complexity index is 927. The molecule has 2 aromatic heterocycles. The Morgan fingerprint density at radius 1 is 1.21 bits per heavy atom. The minimum atomic E-state index is -0.0940. The summed E-state index contributed by atoms with van der Waals surface area (Å²) in [5, 5.41) is 4.07. The lowest BCUT2D eigenvalue weighted by atomic mass is 9.84. The van der Waals surface area contributed by atoms with Crippen LogP contribution in [-0.2, 0) is 0 Å². The maximum Gasteiger partial charge on any atom is 0.270 e. The SMILES string of the molecule is O=C(N[C@H]1CN2CCC1CC2)c1cc2cc(C#CCN3CCCC3)oc2cn1. The maximum absolute atomic E-state index is 12.7. The van der Waals surface area contributed by atoms with Gasteiger partial charge >= 0.3 is 0 Å². The number of carbonyl (C=O) groups excluding carboxylic acids is 1. The first-order chi connectivity index (χ1) is 13.7. The second-order valence-electron chi connectivity index (χ2n) is 8.22. The van der Waals surface area contributed by atoms with Crippen molar-refractivity contribution in [1.29, 1.82) is 0 Å². The molecule has 1 N–H and O–H groups in total. The molecule has 4 saturated heterocycles. The third-order valence-electron chi connectivity index (χ3n) is 6.32. The summed E-state index contributed by atoms with van der Waals surface area (Å²) in [6.07, 6.45) is 6.52. The largest absolute Gasteiger partial charge is 0.446 e. The second-order valence-corrected chi connectivity index (χ2v) is 8.22. The van der Waals surface area contributed by atoms with E-state index in [1.54, 1.807) is 12.3 Å². The Balaban J connectivity index is 1.26. The van der Waals surface area contributed by atoms with E-state index in [9.17, 15) is 4.79 Å². The summed E-state index contributed by atoms with van der Waals surface area (Å²) in [6.45, 7) is 6.34. The molecule has 2 bridgehead atoms.